The van der Waals surface area contributed by atoms with Crippen LogP contribution < -0.4 is 4.90 Å². The van der Waals surface area contributed by atoms with Crippen LogP contribution in [0.15, 0.2) is 52.9 Å². The van der Waals surface area contributed by atoms with Crippen molar-refractivity contribution in [2.24, 2.45) is 0 Å². The van der Waals surface area contributed by atoms with Gasteiger partial charge in [0.1, 0.15) is 5.82 Å². The monoisotopic (exact) mass is 464 g/mol. The number of carbonyl (C=O) groups is 2. The summed E-state index contributed by atoms with van der Waals surface area (Å²) < 4.78 is 60.1. The molecule has 0 atom stereocenters. The molecule has 1 aliphatic rings. The molecule has 0 spiro atoms. The van der Waals surface area contributed by atoms with Crippen LogP contribution in [-0.4, -0.2) is 51.0 Å². The standard InChI is InChI=1S/C21H16F4N4O4/c22-15-8-12(17-26-27-18(33-17)16(23)24)6-7-13(15)9-29(14-4-2-1-3-5-14)19(30)21(25)10-28(11-21)20(31)32/h1-8,16H,9-11H2,(H,31,32). The van der Waals surface area contributed by atoms with Crippen LogP contribution in [0.25, 0.3) is 11.5 Å². The highest BCUT2D eigenvalue weighted by Crippen LogP contribution is 2.32. The van der Waals surface area contributed by atoms with Crippen LogP contribution in [0.3, 0.4) is 0 Å². The fourth-order valence-corrected chi connectivity index (χ4v) is 3.38. The zero-order valence-corrected chi connectivity index (χ0v) is 16.8. The van der Waals surface area contributed by atoms with Gasteiger partial charge in [0.15, 0.2) is 0 Å². The summed E-state index contributed by atoms with van der Waals surface area (Å²) in [7, 11) is 0. The molecule has 0 radical (unpaired) electrons. The number of carboxylic acid groups (broad SMARTS) is 1. The molecule has 2 amide bonds. The first-order valence-corrected chi connectivity index (χ1v) is 9.62. The maximum atomic E-state index is 15.1. The van der Waals surface area contributed by atoms with E-state index in [4.69, 9.17) is 9.52 Å². The molecule has 1 N–H and O–H groups in total. The molecule has 4 rings (SSSR count). The predicted octanol–water partition coefficient (Wildman–Crippen LogP) is 4.05. The molecule has 2 heterocycles. The lowest BCUT2D eigenvalue weighted by Gasteiger charge is -2.43. The van der Waals surface area contributed by atoms with Crippen molar-refractivity contribution in [3.63, 3.8) is 0 Å². The van der Waals surface area contributed by atoms with Gasteiger partial charge in [0, 0.05) is 16.8 Å². The Hall–Kier alpha value is -3.96. The average Bonchev–Trinajstić information content (AvgIpc) is 3.27. The van der Waals surface area contributed by atoms with Crippen molar-refractivity contribution in [3.05, 3.63) is 65.8 Å². The minimum absolute atomic E-state index is 0.00238. The molecule has 172 valence electrons. The molecular formula is C21H16F4N4O4. The maximum absolute atomic E-state index is 15.1. The number of carbonyl (C=O) groups excluding carboxylic acids is 1. The number of rotatable bonds is 6. The zero-order chi connectivity index (χ0) is 23.8. The number of nitrogens with zero attached hydrogens (tertiary/aromatic N) is 4. The number of amides is 2. The van der Waals surface area contributed by atoms with E-state index in [0.29, 0.717) is 0 Å². The normalized spacial score (nSPS) is 14.8. The van der Waals surface area contributed by atoms with Crippen LogP contribution in [0.1, 0.15) is 17.9 Å². The molecule has 0 unspecified atom stereocenters. The van der Waals surface area contributed by atoms with Gasteiger partial charge >= 0.3 is 12.5 Å². The molecule has 2 aromatic carbocycles. The Kier molecular flexibility index (Phi) is 5.75. The molecule has 12 heteroatoms. The van der Waals surface area contributed by atoms with Crippen molar-refractivity contribution >= 4 is 17.7 Å². The molecule has 1 aromatic heterocycles. The number of hydrogen-bond donors (Lipinski definition) is 1. The fraction of sp³-hybridized carbons (Fsp3) is 0.238. The number of anilines is 1. The number of hydrogen-bond acceptors (Lipinski definition) is 5. The molecule has 1 fully saturated rings. The lowest BCUT2D eigenvalue weighted by Crippen LogP contribution is -2.67. The van der Waals surface area contributed by atoms with E-state index >= 15 is 4.39 Å². The number of para-hydroxylation sites is 1. The minimum Gasteiger partial charge on any atom is -0.465 e. The van der Waals surface area contributed by atoms with E-state index in [0.717, 1.165) is 15.9 Å². The lowest BCUT2D eigenvalue weighted by atomic mass is 9.94. The average molecular weight is 464 g/mol. The van der Waals surface area contributed by atoms with E-state index in [1.54, 1.807) is 18.2 Å². The first kappa shape index (κ1) is 22.2. The van der Waals surface area contributed by atoms with E-state index in [1.165, 1.54) is 24.3 Å². The Balaban J connectivity index is 1.60. The Morgan fingerprint density at radius 2 is 1.85 bits per heavy atom. The summed E-state index contributed by atoms with van der Waals surface area (Å²) in [4.78, 5) is 25.8. The smallest absolute Gasteiger partial charge is 0.407 e. The first-order chi connectivity index (χ1) is 15.7. The number of halogens is 4. The molecule has 1 saturated heterocycles. The molecule has 3 aromatic rings. The SMILES string of the molecule is O=C(O)N1CC(F)(C(=O)N(Cc2ccc(-c3nnc(C(F)F)o3)cc2F)c2ccccc2)C1. The highest BCUT2D eigenvalue weighted by molar-refractivity contribution is 6.01. The number of aromatic nitrogens is 2. The van der Waals surface area contributed by atoms with Crippen molar-refractivity contribution in [1.82, 2.24) is 15.1 Å². The Morgan fingerprint density at radius 1 is 1.15 bits per heavy atom. The van der Waals surface area contributed by atoms with Crippen molar-refractivity contribution in [2.75, 3.05) is 18.0 Å². The largest absolute Gasteiger partial charge is 0.465 e. The maximum Gasteiger partial charge on any atom is 0.407 e. The fourth-order valence-electron chi connectivity index (χ4n) is 3.38. The zero-order valence-electron chi connectivity index (χ0n) is 16.8. The number of benzene rings is 2. The Morgan fingerprint density at radius 3 is 2.42 bits per heavy atom. The van der Waals surface area contributed by atoms with Crippen LogP contribution >= 0.6 is 0 Å². The van der Waals surface area contributed by atoms with E-state index in [1.807, 2.05) is 0 Å². The van der Waals surface area contributed by atoms with Gasteiger partial charge < -0.3 is 19.3 Å². The number of alkyl halides is 3. The van der Waals surface area contributed by atoms with E-state index in [-0.39, 0.29) is 29.2 Å². The Labute approximate surface area is 184 Å². The van der Waals surface area contributed by atoms with Gasteiger partial charge in [-0.15, -0.1) is 10.2 Å². The molecular weight excluding hydrogens is 448 g/mol. The van der Waals surface area contributed by atoms with Crippen molar-refractivity contribution in [2.45, 2.75) is 18.6 Å². The van der Waals surface area contributed by atoms with Gasteiger partial charge in [0.2, 0.25) is 11.6 Å². The van der Waals surface area contributed by atoms with Crippen molar-refractivity contribution in [3.8, 4) is 11.5 Å². The van der Waals surface area contributed by atoms with Gasteiger partial charge in [-0.25, -0.2) is 13.6 Å². The first-order valence-electron chi connectivity index (χ1n) is 9.62. The minimum atomic E-state index is -2.97. The summed E-state index contributed by atoms with van der Waals surface area (Å²) in [5.41, 5.74) is -2.11. The molecule has 8 nitrogen and oxygen atoms in total. The van der Waals surface area contributed by atoms with E-state index < -0.39 is 48.9 Å². The summed E-state index contributed by atoms with van der Waals surface area (Å²) in [6.07, 6.45) is -4.32. The van der Waals surface area contributed by atoms with Gasteiger partial charge in [-0.2, -0.15) is 8.78 Å². The second-order valence-electron chi connectivity index (χ2n) is 7.38. The summed E-state index contributed by atoms with van der Waals surface area (Å²) in [6, 6.07) is 11.6. The van der Waals surface area contributed by atoms with E-state index in [9.17, 15) is 22.8 Å². The van der Waals surface area contributed by atoms with Crippen LogP contribution in [-0.2, 0) is 11.3 Å². The van der Waals surface area contributed by atoms with Crippen LogP contribution in [0, 0.1) is 5.82 Å². The number of likely N-dealkylation sites (tertiary alicyclic amines) is 1. The topological polar surface area (TPSA) is 99.8 Å². The quantitative estimate of drug-likeness (QED) is 0.553. The summed E-state index contributed by atoms with van der Waals surface area (Å²) in [5.74, 6) is -3.03. The molecule has 1 aliphatic heterocycles. The predicted molar refractivity (Wildman–Crippen MR) is 106 cm³/mol. The van der Waals surface area contributed by atoms with Crippen LogP contribution in [0.2, 0.25) is 0 Å². The summed E-state index contributed by atoms with van der Waals surface area (Å²) >= 11 is 0. The van der Waals surface area contributed by atoms with Gasteiger partial charge in [0.25, 0.3) is 11.8 Å². The van der Waals surface area contributed by atoms with Gasteiger partial charge in [-0.3, -0.25) is 4.79 Å². The third kappa shape index (κ3) is 4.36. The highest BCUT2D eigenvalue weighted by atomic mass is 19.3. The van der Waals surface area contributed by atoms with E-state index in [2.05, 4.69) is 10.2 Å². The molecule has 0 aliphatic carbocycles. The van der Waals surface area contributed by atoms with Crippen molar-refractivity contribution in [1.29, 1.82) is 0 Å². The van der Waals surface area contributed by atoms with Crippen LogP contribution in [0.5, 0.6) is 0 Å². The second-order valence-corrected chi connectivity index (χ2v) is 7.38. The molecule has 0 saturated carbocycles. The van der Waals surface area contributed by atoms with Gasteiger partial charge in [0.05, 0.1) is 19.6 Å². The third-order valence-electron chi connectivity index (χ3n) is 5.11. The summed E-state index contributed by atoms with van der Waals surface area (Å²) in [6.45, 7) is -1.62. The highest BCUT2D eigenvalue weighted by Gasteiger charge is 2.54. The molecule has 33 heavy (non-hydrogen) atoms. The third-order valence-corrected chi connectivity index (χ3v) is 5.11. The second kappa shape index (κ2) is 8.52. The Bertz CT molecular complexity index is 1180. The summed E-state index contributed by atoms with van der Waals surface area (Å²) in [5, 5.41) is 15.6. The van der Waals surface area contributed by atoms with Gasteiger partial charge in [-0.1, -0.05) is 24.3 Å². The van der Waals surface area contributed by atoms with Crippen LogP contribution in [0.4, 0.5) is 28.0 Å². The van der Waals surface area contributed by atoms with Crippen molar-refractivity contribution < 1.29 is 36.7 Å². The lowest BCUT2D eigenvalue weighted by molar-refractivity contribution is -0.140. The van der Waals surface area contributed by atoms with Gasteiger partial charge in [-0.05, 0) is 24.3 Å². The molecule has 0 bridgehead atoms.